The van der Waals surface area contributed by atoms with E-state index in [0.717, 1.165) is 11.1 Å². The fourth-order valence-corrected chi connectivity index (χ4v) is 2.26. The Labute approximate surface area is 114 Å². The van der Waals surface area contributed by atoms with E-state index in [1.807, 2.05) is 0 Å². The Bertz CT molecular complexity index is 468. The largest absolute Gasteiger partial charge is 0.359 e. The van der Waals surface area contributed by atoms with Gasteiger partial charge in [-0.05, 0) is 25.0 Å². The molecule has 0 amide bonds. The van der Waals surface area contributed by atoms with E-state index in [1.165, 1.54) is 11.1 Å². The van der Waals surface area contributed by atoms with Crippen molar-refractivity contribution in [3.63, 3.8) is 0 Å². The summed E-state index contributed by atoms with van der Waals surface area (Å²) in [5.74, 6) is 0. The van der Waals surface area contributed by atoms with Crippen LogP contribution in [0.4, 0.5) is 0 Å². The second kappa shape index (κ2) is 5.17. The first-order chi connectivity index (χ1) is 8.56. The van der Waals surface area contributed by atoms with E-state index in [1.54, 1.807) is 7.11 Å². The fourth-order valence-electron chi connectivity index (χ4n) is 1.96. The van der Waals surface area contributed by atoms with Gasteiger partial charge in [-0.1, -0.05) is 59.7 Å². The maximum atomic E-state index is 5.65. The van der Waals surface area contributed by atoms with Crippen molar-refractivity contribution >= 4 is 12.6 Å². The predicted molar refractivity (Wildman–Crippen MR) is 79.1 cm³/mol. The molecule has 2 aromatic rings. The lowest BCUT2D eigenvalue weighted by Crippen LogP contribution is -2.23. The van der Waals surface area contributed by atoms with E-state index in [-0.39, 0.29) is 0 Å². The van der Waals surface area contributed by atoms with Gasteiger partial charge in [-0.25, -0.2) is 0 Å². The molecule has 0 saturated carbocycles. The number of thiol groups is 1. The molecule has 2 aromatic carbocycles. The standard InChI is InChI=1S/C16H18OS/c1-12-4-8-14(9-5-12)16(18,17-3)15-10-6-13(2)7-11-15/h4-11,18H,1-3H3. The van der Waals surface area contributed by atoms with Crippen LogP contribution in [0.15, 0.2) is 48.5 Å². The summed E-state index contributed by atoms with van der Waals surface area (Å²) in [6, 6.07) is 16.6. The quantitative estimate of drug-likeness (QED) is 0.644. The summed E-state index contributed by atoms with van der Waals surface area (Å²) in [4.78, 5) is -0.693. The molecule has 0 unspecified atom stereocenters. The number of rotatable bonds is 3. The first kappa shape index (κ1) is 13.2. The highest BCUT2D eigenvalue weighted by molar-refractivity contribution is 7.81. The van der Waals surface area contributed by atoms with Gasteiger partial charge in [0.05, 0.1) is 0 Å². The Kier molecular flexibility index (Phi) is 3.79. The summed E-state index contributed by atoms with van der Waals surface area (Å²) in [6.07, 6.45) is 0. The number of ether oxygens (including phenoxy) is 1. The van der Waals surface area contributed by atoms with Crippen LogP contribution in [0.5, 0.6) is 0 Å². The number of benzene rings is 2. The highest BCUT2D eigenvalue weighted by Crippen LogP contribution is 2.36. The molecule has 2 rings (SSSR count). The van der Waals surface area contributed by atoms with Crippen LogP contribution in [0.1, 0.15) is 22.3 Å². The molecule has 0 aromatic heterocycles. The molecule has 0 spiro atoms. The molecule has 0 radical (unpaired) electrons. The van der Waals surface area contributed by atoms with Crippen LogP contribution in [-0.2, 0) is 9.67 Å². The summed E-state index contributed by atoms with van der Waals surface area (Å²) in [5.41, 5.74) is 4.55. The molecule has 0 heterocycles. The van der Waals surface area contributed by atoms with Gasteiger partial charge in [-0.2, -0.15) is 0 Å². The average Bonchev–Trinajstić information content (AvgIpc) is 2.39. The lowest BCUT2D eigenvalue weighted by Gasteiger charge is -2.28. The molecule has 2 heteroatoms. The molecule has 1 nitrogen and oxygen atoms in total. The topological polar surface area (TPSA) is 9.23 Å². The molecule has 0 aliphatic carbocycles. The third-order valence-electron chi connectivity index (χ3n) is 3.18. The minimum Gasteiger partial charge on any atom is -0.359 e. The normalized spacial score (nSPS) is 11.6. The smallest absolute Gasteiger partial charge is 0.161 e. The van der Waals surface area contributed by atoms with Crippen molar-refractivity contribution in [2.45, 2.75) is 18.8 Å². The second-order valence-corrected chi connectivity index (χ2v) is 5.21. The van der Waals surface area contributed by atoms with Gasteiger partial charge in [-0.15, -0.1) is 12.6 Å². The maximum Gasteiger partial charge on any atom is 0.161 e. The molecule has 94 valence electrons. The van der Waals surface area contributed by atoms with Crippen molar-refractivity contribution in [3.05, 3.63) is 70.8 Å². The summed E-state index contributed by atoms with van der Waals surface area (Å²) in [5, 5.41) is 0. The van der Waals surface area contributed by atoms with Crippen molar-refractivity contribution < 1.29 is 4.74 Å². The number of aryl methyl sites for hydroxylation is 2. The van der Waals surface area contributed by atoms with Crippen molar-refractivity contribution in [1.29, 1.82) is 0 Å². The molecular formula is C16H18OS. The zero-order chi connectivity index (χ0) is 13.2. The van der Waals surface area contributed by atoms with E-state index in [0.29, 0.717) is 0 Å². The molecule has 18 heavy (non-hydrogen) atoms. The fraction of sp³-hybridized carbons (Fsp3) is 0.250. The van der Waals surface area contributed by atoms with Crippen LogP contribution in [-0.4, -0.2) is 7.11 Å². The van der Waals surface area contributed by atoms with Crippen LogP contribution in [0.2, 0.25) is 0 Å². The average molecular weight is 258 g/mol. The van der Waals surface area contributed by atoms with Gasteiger partial charge in [-0.3, -0.25) is 0 Å². The summed E-state index contributed by atoms with van der Waals surface area (Å²) in [7, 11) is 1.69. The highest BCUT2D eigenvalue weighted by Gasteiger charge is 2.29. The molecule has 0 atom stereocenters. The van der Waals surface area contributed by atoms with Crippen molar-refractivity contribution in [2.75, 3.05) is 7.11 Å². The zero-order valence-corrected chi connectivity index (χ0v) is 11.9. The SMILES string of the molecule is COC(S)(c1ccc(C)cc1)c1ccc(C)cc1. The van der Waals surface area contributed by atoms with E-state index < -0.39 is 4.93 Å². The van der Waals surface area contributed by atoms with Gasteiger partial charge in [0.25, 0.3) is 0 Å². The van der Waals surface area contributed by atoms with Crippen LogP contribution in [0.25, 0.3) is 0 Å². The molecule has 0 bridgehead atoms. The first-order valence-electron chi connectivity index (χ1n) is 5.98. The third kappa shape index (κ3) is 2.45. The van der Waals surface area contributed by atoms with Gasteiger partial charge in [0.15, 0.2) is 4.93 Å². The van der Waals surface area contributed by atoms with Gasteiger partial charge in [0.1, 0.15) is 0 Å². The van der Waals surface area contributed by atoms with Crippen LogP contribution >= 0.6 is 12.6 Å². The lowest BCUT2D eigenvalue weighted by molar-refractivity contribution is 0.106. The van der Waals surface area contributed by atoms with E-state index >= 15 is 0 Å². The Balaban J connectivity index is 2.47. The molecule has 0 fully saturated rings. The summed E-state index contributed by atoms with van der Waals surface area (Å²) >= 11 is 4.74. The molecule has 0 aliphatic rings. The van der Waals surface area contributed by atoms with Gasteiger partial charge < -0.3 is 4.74 Å². The number of hydrogen-bond acceptors (Lipinski definition) is 2. The Hall–Kier alpha value is -1.25. The van der Waals surface area contributed by atoms with Crippen molar-refractivity contribution in [2.24, 2.45) is 0 Å². The predicted octanol–water partition coefficient (Wildman–Crippen LogP) is 4.08. The van der Waals surface area contributed by atoms with Crippen LogP contribution in [0.3, 0.4) is 0 Å². The van der Waals surface area contributed by atoms with Crippen molar-refractivity contribution in [3.8, 4) is 0 Å². The van der Waals surface area contributed by atoms with Crippen molar-refractivity contribution in [1.82, 2.24) is 0 Å². The summed E-state index contributed by atoms with van der Waals surface area (Å²) < 4.78 is 5.65. The molecule has 0 saturated heterocycles. The third-order valence-corrected chi connectivity index (χ3v) is 3.88. The van der Waals surface area contributed by atoms with Gasteiger partial charge >= 0.3 is 0 Å². The monoisotopic (exact) mass is 258 g/mol. The van der Waals surface area contributed by atoms with E-state index in [2.05, 4.69) is 62.4 Å². The first-order valence-corrected chi connectivity index (χ1v) is 6.43. The Morgan fingerprint density at radius 1 is 0.778 bits per heavy atom. The minimum absolute atomic E-state index is 0.693. The molecular weight excluding hydrogens is 240 g/mol. The summed E-state index contributed by atoms with van der Waals surface area (Å²) in [6.45, 7) is 4.14. The number of hydrogen-bond donors (Lipinski definition) is 1. The van der Waals surface area contributed by atoms with Gasteiger partial charge in [0, 0.05) is 7.11 Å². The zero-order valence-electron chi connectivity index (χ0n) is 11.0. The minimum atomic E-state index is -0.693. The second-order valence-electron chi connectivity index (χ2n) is 4.58. The molecule has 0 N–H and O–H groups in total. The van der Waals surface area contributed by atoms with Gasteiger partial charge in [0.2, 0.25) is 0 Å². The molecule has 0 aliphatic heterocycles. The maximum absolute atomic E-state index is 5.65. The Morgan fingerprint density at radius 2 is 1.11 bits per heavy atom. The van der Waals surface area contributed by atoms with Crippen LogP contribution in [0, 0.1) is 13.8 Å². The highest BCUT2D eigenvalue weighted by atomic mass is 32.1. The Morgan fingerprint density at radius 3 is 1.39 bits per heavy atom. The van der Waals surface area contributed by atoms with E-state index in [9.17, 15) is 0 Å². The van der Waals surface area contributed by atoms with E-state index in [4.69, 9.17) is 17.4 Å². The number of methoxy groups -OCH3 is 1. The lowest BCUT2D eigenvalue weighted by atomic mass is 9.98. The van der Waals surface area contributed by atoms with Crippen LogP contribution < -0.4 is 0 Å².